The van der Waals surface area contributed by atoms with Crippen molar-refractivity contribution in [1.29, 1.82) is 0 Å². The summed E-state index contributed by atoms with van der Waals surface area (Å²) in [5.41, 5.74) is 0.940. The zero-order valence-electron chi connectivity index (χ0n) is 11.7. The van der Waals surface area contributed by atoms with Crippen molar-refractivity contribution in [3.05, 3.63) is 39.9 Å². The molecule has 1 amide bonds. The molecule has 1 heterocycles. The first-order valence-corrected chi connectivity index (χ1v) is 6.85. The number of benzene rings is 1. The van der Waals surface area contributed by atoms with Crippen LogP contribution in [-0.2, 0) is 4.79 Å². The molecule has 2 unspecified atom stereocenters. The second kappa shape index (κ2) is 6.00. The Bertz CT molecular complexity index is 501. The lowest BCUT2D eigenvalue weighted by Crippen LogP contribution is -2.31. The third kappa shape index (κ3) is 2.80. The Morgan fingerprint density at radius 2 is 2.00 bits per heavy atom. The number of carbonyl (C=O) groups excluding carboxylic acids is 1. The van der Waals surface area contributed by atoms with Crippen LogP contribution in [0.4, 0.5) is 5.69 Å². The second-order valence-electron chi connectivity index (χ2n) is 5.02. The van der Waals surface area contributed by atoms with Crippen LogP contribution < -0.4 is 5.32 Å². The van der Waals surface area contributed by atoms with E-state index in [2.05, 4.69) is 12.2 Å². The molecule has 0 aliphatic carbocycles. The van der Waals surface area contributed by atoms with Gasteiger partial charge < -0.3 is 4.90 Å². The van der Waals surface area contributed by atoms with Gasteiger partial charge in [-0.3, -0.25) is 20.2 Å². The van der Waals surface area contributed by atoms with Gasteiger partial charge in [-0.25, -0.2) is 0 Å². The van der Waals surface area contributed by atoms with E-state index in [-0.39, 0.29) is 23.8 Å². The summed E-state index contributed by atoms with van der Waals surface area (Å²) in [7, 11) is 0. The average Bonchev–Trinajstić information content (AvgIpc) is 2.72. The summed E-state index contributed by atoms with van der Waals surface area (Å²) in [5, 5.41) is 13.9. The highest BCUT2D eigenvalue weighted by Gasteiger charge is 2.36. The summed E-state index contributed by atoms with van der Waals surface area (Å²) in [4.78, 5) is 24.2. The Hall–Kier alpha value is -1.95. The monoisotopic (exact) mass is 277 g/mol. The lowest BCUT2D eigenvalue weighted by Gasteiger charge is -2.24. The van der Waals surface area contributed by atoms with Crippen molar-refractivity contribution in [3.63, 3.8) is 0 Å². The summed E-state index contributed by atoms with van der Waals surface area (Å²) < 4.78 is 0. The van der Waals surface area contributed by atoms with Crippen molar-refractivity contribution in [1.82, 2.24) is 10.2 Å². The number of hydrogen-bond acceptors (Lipinski definition) is 4. The molecule has 1 N–H and O–H groups in total. The highest BCUT2D eigenvalue weighted by Crippen LogP contribution is 2.27. The maximum atomic E-state index is 12.1. The molecule has 1 aromatic carbocycles. The third-order valence-corrected chi connectivity index (χ3v) is 3.55. The fraction of sp³-hybridized carbons (Fsp3) is 0.500. The Balaban J connectivity index is 2.20. The number of nitro groups is 1. The summed E-state index contributed by atoms with van der Waals surface area (Å²) >= 11 is 0. The van der Waals surface area contributed by atoms with Crippen LogP contribution in [0.15, 0.2) is 24.3 Å². The summed E-state index contributed by atoms with van der Waals surface area (Å²) in [5.74, 6) is 0.0850. The van der Waals surface area contributed by atoms with E-state index in [0.29, 0.717) is 6.54 Å². The van der Waals surface area contributed by atoms with Gasteiger partial charge in [0, 0.05) is 18.7 Å². The number of amides is 1. The number of carbonyl (C=O) groups is 1. The molecule has 20 heavy (non-hydrogen) atoms. The average molecular weight is 277 g/mol. The molecule has 0 radical (unpaired) electrons. The van der Waals surface area contributed by atoms with Gasteiger partial charge in [0.25, 0.3) is 5.69 Å². The van der Waals surface area contributed by atoms with E-state index in [1.54, 1.807) is 12.1 Å². The molecule has 1 fully saturated rings. The molecule has 2 rings (SSSR count). The number of nitrogens with one attached hydrogen (secondary N) is 1. The molecule has 108 valence electrons. The van der Waals surface area contributed by atoms with Gasteiger partial charge >= 0.3 is 0 Å². The van der Waals surface area contributed by atoms with Crippen LogP contribution >= 0.6 is 0 Å². The maximum Gasteiger partial charge on any atom is 0.269 e. The molecule has 1 saturated heterocycles. The highest BCUT2D eigenvalue weighted by atomic mass is 16.6. The van der Waals surface area contributed by atoms with Crippen LogP contribution in [0.2, 0.25) is 0 Å². The predicted molar refractivity (Wildman–Crippen MR) is 75.1 cm³/mol. The highest BCUT2D eigenvalue weighted by molar-refractivity contribution is 5.84. The standard InChI is InChI=1S/C14H19N3O3/c1-3-4-9-16-13(15-10(2)14(16)18)11-5-7-12(8-6-11)17(19)20/h5-8,10,13,15H,3-4,9H2,1-2H3. The summed E-state index contributed by atoms with van der Waals surface area (Å²) in [6.07, 6.45) is 1.78. The molecule has 0 bridgehead atoms. The van der Waals surface area contributed by atoms with Crippen molar-refractivity contribution in [2.24, 2.45) is 0 Å². The number of unbranched alkanes of at least 4 members (excludes halogenated alkanes) is 1. The number of hydrogen-bond donors (Lipinski definition) is 1. The van der Waals surface area contributed by atoms with Crippen molar-refractivity contribution >= 4 is 11.6 Å². The molecule has 1 aromatic rings. The Labute approximate surface area is 117 Å². The van der Waals surface area contributed by atoms with E-state index in [9.17, 15) is 14.9 Å². The maximum absolute atomic E-state index is 12.1. The largest absolute Gasteiger partial charge is 0.322 e. The minimum Gasteiger partial charge on any atom is -0.322 e. The van der Waals surface area contributed by atoms with Crippen molar-refractivity contribution in [2.75, 3.05) is 6.54 Å². The van der Waals surface area contributed by atoms with Crippen LogP contribution in [0.1, 0.15) is 38.4 Å². The van der Waals surface area contributed by atoms with Crippen LogP contribution in [0.3, 0.4) is 0 Å². The minimum absolute atomic E-state index is 0.0613. The van der Waals surface area contributed by atoms with Crippen LogP contribution in [0.25, 0.3) is 0 Å². The van der Waals surface area contributed by atoms with Gasteiger partial charge in [-0.15, -0.1) is 0 Å². The van der Waals surface area contributed by atoms with Crippen molar-refractivity contribution in [2.45, 2.75) is 38.9 Å². The van der Waals surface area contributed by atoms with Gasteiger partial charge in [0.15, 0.2) is 0 Å². The van der Waals surface area contributed by atoms with Crippen molar-refractivity contribution in [3.8, 4) is 0 Å². The lowest BCUT2D eigenvalue weighted by molar-refractivity contribution is -0.384. The molecular formula is C14H19N3O3. The number of nitro benzene ring substituents is 1. The first kappa shape index (κ1) is 14.5. The molecule has 0 aromatic heterocycles. The van der Waals surface area contributed by atoms with Gasteiger partial charge in [-0.05, 0) is 31.0 Å². The molecule has 1 aliphatic heterocycles. The number of non-ortho nitro benzene ring substituents is 1. The first-order valence-electron chi connectivity index (χ1n) is 6.85. The van der Waals surface area contributed by atoms with Crippen molar-refractivity contribution < 1.29 is 9.72 Å². The zero-order valence-corrected chi connectivity index (χ0v) is 11.7. The Morgan fingerprint density at radius 1 is 1.35 bits per heavy atom. The number of nitrogens with zero attached hydrogens (tertiary/aromatic N) is 2. The normalized spacial score (nSPS) is 22.3. The smallest absolute Gasteiger partial charge is 0.269 e. The Kier molecular flexibility index (Phi) is 4.34. The molecule has 6 nitrogen and oxygen atoms in total. The topological polar surface area (TPSA) is 75.5 Å². The van der Waals surface area contributed by atoms with E-state index >= 15 is 0 Å². The Morgan fingerprint density at radius 3 is 2.55 bits per heavy atom. The van der Waals surface area contributed by atoms with Crippen LogP contribution in [-0.4, -0.2) is 28.3 Å². The molecular weight excluding hydrogens is 258 g/mol. The summed E-state index contributed by atoms with van der Waals surface area (Å²) in [6, 6.07) is 6.15. The van der Waals surface area contributed by atoms with E-state index in [4.69, 9.17) is 0 Å². The number of rotatable bonds is 5. The van der Waals surface area contributed by atoms with Crippen LogP contribution in [0, 0.1) is 10.1 Å². The van der Waals surface area contributed by atoms with E-state index in [0.717, 1.165) is 18.4 Å². The first-order chi connectivity index (χ1) is 9.54. The molecule has 1 aliphatic rings. The lowest BCUT2D eigenvalue weighted by atomic mass is 10.1. The molecule has 0 spiro atoms. The molecule has 0 saturated carbocycles. The third-order valence-electron chi connectivity index (χ3n) is 3.55. The second-order valence-corrected chi connectivity index (χ2v) is 5.02. The van der Waals surface area contributed by atoms with Gasteiger partial charge in [-0.2, -0.15) is 0 Å². The van der Waals surface area contributed by atoms with Gasteiger partial charge in [0.2, 0.25) is 5.91 Å². The van der Waals surface area contributed by atoms with Crippen LogP contribution in [0.5, 0.6) is 0 Å². The fourth-order valence-corrected chi connectivity index (χ4v) is 2.40. The van der Waals surface area contributed by atoms with E-state index in [1.165, 1.54) is 12.1 Å². The van der Waals surface area contributed by atoms with Gasteiger partial charge in [0.1, 0.15) is 6.17 Å². The van der Waals surface area contributed by atoms with Gasteiger partial charge in [-0.1, -0.05) is 13.3 Å². The SMILES string of the molecule is CCCCN1C(=O)C(C)NC1c1ccc([N+](=O)[O-])cc1. The minimum atomic E-state index is -0.422. The predicted octanol–water partition coefficient (Wildman–Crippen LogP) is 2.21. The quantitative estimate of drug-likeness (QED) is 0.661. The van der Waals surface area contributed by atoms with E-state index < -0.39 is 4.92 Å². The molecule has 6 heteroatoms. The summed E-state index contributed by atoms with van der Waals surface area (Å²) in [6.45, 7) is 4.62. The van der Waals surface area contributed by atoms with Gasteiger partial charge in [0.05, 0.1) is 11.0 Å². The fourth-order valence-electron chi connectivity index (χ4n) is 2.40. The molecule has 2 atom stereocenters. The zero-order chi connectivity index (χ0) is 14.7. The van der Waals surface area contributed by atoms with E-state index in [1.807, 2.05) is 11.8 Å².